The van der Waals surface area contributed by atoms with Gasteiger partial charge in [-0.3, -0.25) is 0 Å². The van der Waals surface area contributed by atoms with Crippen molar-refractivity contribution in [2.75, 3.05) is 6.61 Å². The Hall–Kier alpha value is -3.33. The Bertz CT molecular complexity index is 1050. The van der Waals surface area contributed by atoms with Crippen LogP contribution in [0.5, 0.6) is 0 Å². The number of hydrogen-bond acceptors (Lipinski definition) is 3. The number of allylic oxidation sites excluding steroid dienone is 5. The Balaban J connectivity index is 1.97. The second-order valence-corrected chi connectivity index (χ2v) is 6.52. The van der Waals surface area contributed by atoms with Crippen LogP contribution in [0.25, 0.3) is 27.9 Å². The van der Waals surface area contributed by atoms with Crippen LogP contribution in [0.15, 0.2) is 88.9 Å². The summed E-state index contributed by atoms with van der Waals surface area (Å²) in [6.07, 6.45) is 7.36. The first-order chi connectivity index (χ1) is 13.6. The number of carbonyl (C=O) groups excluding carboxylic acids is 1. The highest BCUT2D eigenvalue weighted by molar-refractivity contribution is 5.97. The molecule has 0 aliphatic carbocycles. The maximum Gasteiger partial charge on any atom is 0.330 e. The van der Waals surface area contributed by atoms with E-state index in [1.54, 1.807) is 6.92 Å². The average Bonchev–Trinajstić information content (AvgIpc) is 3.08. The predicted molar refractivity (Wildman–Crippen MR) is 115 cm³/mol. The lowest BCUT2D eigenvalue weighted by molar-refractivity contribution is -0.137. The van der Waals surface area contributed by atoms with Gasteiger partial charge in [-0.2, -0.15) is 0 Å². The molecule has 1 heterocycles. The van der Waals surface area contributed by atoms with E-state index in [0.29, 0.717) is 6.61 Å². The van der Waals surface area contributed by atoms with E-state index < -0.39 is 0 Å². The highest BCUT2D eigenvalue weighted by Gasteiger charge is 2.16. The second kappa shape index (κ2) is 9.05. The molecule has 1 aromatic heterocycles. The second-order valence-electron chi connectivity index (χ2n) is 6.52. The molecular weight excluding hydrogens is 348 g/mol. The molecule has 0 atom stereocenters. The van der Waals surface area contributed by atoms with Crippen LogP contribution in [-0.4, -0.2) is 12.6 Å². The van der Waals surface area contributed by atoms with Crippen molar-refractivity contribution >= 4 is 22.5 Å². The van der Waals surface area contributed by atoms with Gasteiger partial charge in [0, 0.05) is 22.6 Å². The molecule has 3 nitrogen and oxygen atoms in total. The summed E-state index contributed by atoms with van der Waals surface area (Å²) in [5, 5.41) is 1.09. The zero-order valence-electron chi connectivity index (χ0n) is 16.4. The largest absolute Gasteiger partial charge is 0.463 e. The number of carbonyl (C=O) groups is 1. The Morgan fingerprint density at radius 2 is 1.75 bits per heavy atom. The molecule has 0 amide bonds. The molecule has 0 fully saturated rings. The quantitative estimate of drug-likeness (QED) is 0.279. The van der Waals surface area contributed by atoms with Gasteiger partial charge in [-0.25, -0.2) is 4.79 Å². The lowest BCUT2D eigenvalue weighted by atomic mass is 9.99. The highest BCUT2D eigenvalue weighted by Crippen LogP contribution is 2.37. The third-order valence-electron chi connectivity index (χ3n) is 4.36. The normalized spacial score (nSPS) is 12.7. The summed E-state index contributed by atoms with van der Waals surface area (Å²) in [4.78, 5) is 11.5. The Kier molecular flexibility index (Phi) is 6.28. The minimum atomic E-state index is -0.322. The van der Waals surface area contributed by atoms with Gasteiger partial charge in [-0.1, -0.05) is 66.8 Å². The van der Waals surface area contributed by atoms with Crippen molar-refractivity contribution in [3.63, 3.8) is 0 Å². The van der Waals surface area contributed by atoms with Crippen molar-refractivity contribution in [2.45, 2.75) is 20.8 Å². The number of esters is 1. The number of ether oxygens (including phenoxy) is 1. The fraction of sp³-hybridized carbons (Fsp3) is 0.160. The SMILES string of the molecule is CCOC(=O)/C=C(C)/C=C/C=C(\C)c1c(-c2ccccc2)oc2ccccc12. The van der Waals surface area contributed by atoms with E-state index in [4.69, 9.17) is 9.15 Å². The molecular formula is C25H24O3. The summed E-state index contributed by atoms with van der Waals surface area (Å²) >= 11 is 0. The van der Waals surface area contributed by atoms with Crippen LogP contribution in [0.1, 0.15) is 26.3 Å². The Labute approximate surface area is 165 Å². The van der Waals surface area contributed by atoms with Crippen LogP contribution in [-0.2, 0) is 9.53 Å². The minimum absolute atomic E-state index is 0.322. The molecule has 0 aliphatic heterocycles. The van der Waals surface area contributed by atoms with Gasteiger partial charge in [0.2, 0.25) is 0 Å². The molecule has 2 aromatic carbocycles. The van der Waals surface area contributed by atoms with Crippen LogP contribution >= 0.6 is 0 Å². The van der Waals surface area contributed by atoms with Gasteiger partial charge in [0.25, 0.3) is 0 Å². The van der Waals surface area contributed by atoms with E-state index in [2.05, 4.69) is 25.1 Å². The summed E-state index contributed by atoms with van der Waals surface area (Å²) < 4.78 is 11.1. The molecule has 3 heteroatoms. The van der Waals surface area contributed by atoms with Gasteiger partial charge in [-0.15, -0.1) is 0 Å². The molecule has 0 aliphatic rings. The van der Waals surface area contributed by atoms with E-state index in [0.717, 1.165) is 39.0 Å². The van der Waals surface area contributed by atoms with Crippen molar-refractivity contribution in [1.29, 1.82) is 0 Å². The van der Waals surface area contributed by atoms with E-state index >= 15 is 0 Å². The topological polar surface area (TPSA) is 39.4 Å². The molecule has 3 rings (SSSR count). The first kappa shape index (κ1) is 19.4. The van der Waals surface area contributed by atoms with Crippen molar-refractivity contribution < 1.29 is 13.9 Å². The number of fused-ring (bicyclic) bond motifs is 1. The maximum atomic E-state index is 11.5. The molecule has 0 N–H and O–H groups in total. The van der Waals surface area contributed by atoms with Gasteiger partial charge >= 0.3 is 5.97 Å². The molecule has 28 heavy (non-hydrogen) atoms. The summed E-state index contributed by atoms with van der Waals surface area (Å²) in [5.74, 6) is 0.542. The fourth-order valence-electron chi connectivity index (χ4n) is 3.08. The molecule has 0 saturated heterocycles. The maximum absolute atomic E-state index is 11.5. The lowest BCUT2D eigenvalue weighted by Crippen LogP contribution is -1.99. The van der Waals surface area contributed by atoms with Crippen LogP contribution in [0.3, 0.4) is 0 Å². The van der Waals surface area contributed by atoms with Gasteiger partial charge in [-0.05, 0) is 38.0 Å². The van der Waals surface area contributed by atoms with Crippen molar-refractivity contribution in [3.05, 3.63) is 90.0 Å². The van der Waals surface area contributed by atoms with Gasteiger partial charge in [0.1, 0.15) is 11.3 Å². The molecule has 0 spiro atoms. The summed E-state index contributed by atoms with van der Waals surface area (Å²) in [7, 11) is 0. The zero-order valence-corrected chi connectivity index (χ0v) is 16.4. The summed E-state index contributed by atoms with van der Waals surface area (Å²) in [6, 6.07) is 18.2. The lowest BCUT2D eigenvalue weighted by Gasteiger charge is -2.03. The van der Waals surface area contributed by atoms with E-state index in [9.17, 15) is 4.79 Å². The smallest absolute Gasteiger partial charge is 0.330 e. The number of furan rings is 1. The first-order valence-corrected chi connectivity index (χ1v) is 9.37. The van der Waals surface area contributed by atoms with Crippen molar-refractivity contribution in [2.24, 2.45) is 0 Å². The molecule has 0 unspecified atom stereocenters. The molecule has 0 bridgehead atoms. The van der Waals surface area contributed by atoms with Crippen molar-refractivity contribution in [1.82, 2.24) is 0 Å². The Morgan fingerprint density at radius 1 is 1.04 bits per heavy atom. The van der Waals surface area contributed by atoms with Crippen LogP contribution in [0, 0.1) is 0 Å². The monoisotopic (exact) mass is 372 g/mol. The summed E-state index contributed by atoms with van der Waals surface area (Å²) in [6.45, 7) is 6.11. The molecule has 3 aromatic rings. The molecule has 0 radical (unpaired) electrons. The molecule has 142 valence electrons. The third kappa shape index (κ3) is 4.49. The number of rotatable bonds is 6. The van der Waals surface area contributed by atoms with E-state index in [1.807, 2.05) is 61.5 Å². The van der Waals surface area contributed by atoms with E-state index in [1.165, 1.54) is 6.08 Å². The van der Waals surface area contributed by atoms with Crippen LogP contribution in [0.2, 0.25) is 0 Å². The average molecular weight is 372 g/mol. The summed E-state index contributed by atoms with van der Waals surface area (Å²) in [5.41, 5.74) is 4.92. The van der Waals surface area contributed by atoms with Crippen LogP contribution < -0.4 is 0 Å². The van der Waals surface area contributed by atoms with Crippen molar-refractivity contribution in [3.8, 4) is 11.3 Å². The van der Waals surface area contributed by atoms with Gasteiger partial charge < -0.3 is 9.15 Å². The number of benzene rings is 2. The van der Waals surface area contributed by atoms with Gasteiger partial charge in [0.05, 0.1) is 6.61 Å². The predicted octanol–water partition coefficient (Wildman–Crippen LogP) is 6.57. The minimum Gasteiger partial charge on any atom is -0.463 e. The standard InChI is InChI=1S/C25H24O3/c1-4-27-23(26)17-18(2)11-10-12-19(3)24-21-15-8-9-16-22(21)28-25(24)20-13-6-5-7-14-20/h5-17H,4H2,1-3H3/b11-10+,18-17+,19-12+. The van der Waals surface area contributed by atoms with Gasteiger partial charge in [0.15, 0.2) is 0 Å². The van der Waals surface area contributed by atoms with Crippen LogP contribution in [0.4, 0.5) is 0 Å². The number of hydrogen-bond donors (Lipinski definition) is 0. The fourth-order valence-corrected chi connectivity index (χ4v) is 3.08. The first-order valence-electron chi connectivity index (χ1n) is 9.37. The molecule has 0 saturated carbocycles. The highest BCUT2D eigenvalue weighted by atomic mass is 16.5. The number of para-hydroxylation sites is 1. The Morgan fingerprint density at radius 3 is 2.50 bits per heavy atom. The zero-order chi connectivity index (χ0) is 19.9. The third-order valence-corrected chi connectivity index (χ3v) is 4.36. The van der Waals surface area contributed by atoms with E-state index in [-0.39, 0.29) is 5.97 Å².